The van der Waals surface area contributed by atoms with E-state index in [-0.39, 0.29) is 12.3 Å². The highest BCUT2D eigenvalue weighted by Crippen LogP contribution is 2.34. The number of nitrogens with two attached hydrogens (primary N) is 1. The Bertz CT molecular complexity index is 733. The van der Waals surface area contributed by atoms with Crippen LogP contribution in [0.5, 0.6) is 0 Å². The first-order valence-corrected chi connectivity index (χ1v) is 8.49. The van der Waals surface area contributed by atoms with Gasteiger partial charge in [0.2, 0.25) is 5.91 Å². The normalized spacial score (nSPS) is 14.4. The summed E-state index contributed by atoms with van der Waals surface area (Å²) in [7, 11) is 0. The van der Waals surface area contributed by atoms with E-state index in [1.807, 2.05) is 35.7 Å². The van der Waals surface area contributed by atoms with E-state index in [9.17, 15) is 9.59 Å². The molecule has 1 aliphatic heterocycles. The monoisotopic (exact) mass is 349 g/mol. The number of anilines is 1. The van der Waals surface area contributed by atoms with Gasteiger partial charge in [-0.3, -0.25) is 4.79 Å². The van der Waals surface area contributed by atoms with E-state index in [0.29, 0.717) is 11.6 Å². The lowest BCUT2D eigenvalue weighted by molar-refractivity contribution is -0.118. The van der Waals surface area contributed by atoms with Crippen molar-refractivity contribution in [3.05, 3.63) is 51.2 Å². The first kappa shape index (κ1) is 15.8. The molecule has 1 atom stereocenters. The number of carbonyl (C=O) groups is 2. The van der Waals surface area contributed by atoms with Crippen molar-refractivity contribution in [1.82, 2.24) is 5.32 Å². The number of fused-ring (bicyclic) bond motifs is 1. The van der Waals surface area contributed by atoms with Crippen molar-refractivity contribution in [1.29, 1.82) is 0 Å². The molecule has 5 nitrogen and oxygen atoms in total. The quantitative estimate of drug-likeness (QED) is 0.890. The van der Waals surface area contributed by atoms with Crippen molar-refractivity contribution in [3.63, 3.8) is 0 Å². The Labute approximate surface area is 143 Å². The van der Waals surface area contributed by atoms with E-state index in [0.717, 1.165) is 22.5 Å². The van der Waals surface area contributed by atoms with Crippen LogP contribution in [0.4, 0.5) is 10.5 Å². The van der Waals surface area contributed by atoms with Gasteiger partial charge >= 0.3 is 6.03 Å². The van der Waals surface area contributed by atoms with Crippen molar-refractivity contribution >= 4 is 40.6 Å². The molecule has 0 spiro atoms. The molecule has 0 bridgehead atoms. The molecule has 2 aromatic rings. The fourth-order valence-electron chi connectivity index (χ4n) is 2.82. The summed E-state index contributed by atoms with van der Waals surface area (Å²) in [6.45, 7) is 0.603. The number of rotatable bonds is 4. The highest BCUT2D eigenvalue weighted by Gasteiger charge is 2.28. The molecular weight excluding hydrogens is 334 g/mol. The number of nitrogens with zero attached hydrogens (tertiary/aromatic N) is 1. The minimum absolute atomic E-state index is 0.0573. The molecule has 0 unspecified atom stereocenters. The van der Waals surface area contributed by atoms with Crippen LogP contribution in [0.25, 0.3) is 0 Å². The number of thiophene rings is 1. The van der Waals surface area contributed by atoms with Gasteiger partial charge in [-0.2, -0.15) is 0 Å². The summed E-state index contributed by atoms with van der Waals surface area (Å²) >= 11 is 7.67. The minimum Gasteiger partial charge on any atom is -0.352 e. The molecule has 0 saturated heterocycles. The lowest BCUT2D eigenvalue weighted by Crippen LogP contribution is -2.37. The summed E-state index contributed by atoms with van der Waals surface area (Å²) in [5, 5.41) is 5.23. The van der Waals surface area contributed by atoms with E-state index in [2.05, 4.69) is 5.32 Å². The number of primary amides is 1. The number of halogens is 1. The van der Waals surface area contributed by atoms with Crippen LogP contribution >= 0.6 is 22.9 Å². The summed E-state index contributed by atoms with van der Waals surface area (Å²) in [5.41, 5.74) is 7.09. The van der Waals surface area contributed by atoms with Crippen LogP contribution in [-0.2, 0) is 11.2 Å². The van der Waals surface area contributed by atoms with Gasteiger partial charge in [0, 0.05) is 22.1 Å². The van der Waals surface area contributed by atoms with Crippen LogP contribution in [0.3, 0.4) is 0 Å². The first-order chi connectivity index (χ1) is 11.1. The van der Waals surface area contributed by atoms with Gasteiger partial charge in [0.1, 0.15) is 0 Å². The smallest absolute Gasteiger partial charge is 0.312 e. The van der Waals surface area contributed by atoms with E-state index >= 15 is 0 Å². The van der Waals surface area contributed by atoms with E-state index in [1.165, 1.54) is 11.3 Å². The molecule has 1 aliphatic rings. The second kappa shape index (κ2) is 6.60. The first-order valence-electron chi connectivity index (χ1n) is 7.23. The zero-order chi connectivity index (χ0) is 16.4. The molecule has 120 valence electrons. The molecule has 2 heterocycles. The van der Waals surface area contributed by atoms with E-state index in [4.69, 9.17) is 17.3 Å². The summed E-state index contributed by atoms with van der Waals surface area (Å²) in [4.78, 5) is 26.6. The van der Waals surface area contributed by atoms with Crippen molar-refractivity contribution in [2.24, 2.45) is 5.73 Å². The summed E-state index contributed by atoms with van der Waals surface area (Å²) in [6, 6.07) is 8.28. The van der Waals surface area contributed by atoms with E-state index in [1.54, 1.807) is 4.90 Å². The maximum absolute atomic E-state index is 12.7. The van der Waals surface area contributed by atoms with Crippen molar-refractivity contribution < 1.29 is 9.59 Å². The van der Waals surface area contributed by atoms with Gasteiger partial charge in [-0.05, 0) is 35.6 Å². The predicted molar refractivity (Wildman–Crippen MR) is 91.9 cm³/mol. The number of amides is 3. The highest BCUT2D eigenvalue weighted by atomic mass is 35.5. The number of benzene rings is 1. The largest absolute Gasteiger partial charge is 0.352 e. The number of urea groups is 1. The Hall–Kier alpha value is -2.05. The number of carbonyl (C=O) groups excluding carboxylic acids is 2. The zero-order valence-electron chi connectivity index (χ0n) is 12.3. The standard InChI is InChI=1S/C16H16ClN3O2S/c17-11-3-1-4-13-10(11)6-7-20(13)15(21)9-12(19-16(18)22)14-5-2-8-23-14/h1-5,8,12H,6-7,9H2,(H3,18,19,22)/t12-/m0/s1. The average molecular weight is 350 g/mol. The SMILES string of the molecule is NC(=O)N[C@@H](CC(=O)N1CCc2c(Cl)cccc21)c1cccs1. The number of nitrogens with one attached hydrogen (secondary N) is 1. The third-order valence-electron chi connectivity index (χ3n) is 3.85. The molecule has 0 fully saturated rings. The lowest BCUT2D eigenvalue weighted by atomic mass is 10.1. The fraction of sp³-hybridized carbons (Fsp3) is 0.250. The lowest BCUT2D eigenvalue weighted by Gasteiger charge is -2.21. The van der Waals surface area contributed by atoms with Crippen LogP contribution in [0.2, 0.25) is 5.02 Å². The number of hydrogen-bond acceptors (Lipinski definition) is 3. The van der Waals surface area contributed by atoms with E-state index < -0.39 is 12.1 Å². The highest BCUT2D eigenvalue weighted by molar-refractivity contribution is 7.10. The Kier molecular flexibility index (Phi) is 4.54. The molecule has 0 aliphatic carbocycles. The molecule has 0 saturated carbocycles. The number of hydrogen-bond donors (Lipinski definition) is 2. The second-order valence-corrected chi connectivity index (χ2v) is 6.70. The molecule has 1 aromatic heterocycles. The minimum atomic E-state index is -0.638. The summed E-state index contributed by atoms with van der Waals surface area (Å²) in [5.74, 6) is -0.0573. The topological polar surface area (TPSA) is 75.4 Å². The molecule has 3 N–H and O–H groups in total. The van der Waals surface area contributed by atoms with Gasteiger partial charge in [0.15, 0.2) is 0 Å². The Morgan fingerprint density at radius 1 is 1.35 bits per heavy atom. The van der Waals surface area contributed by atoms with Gasteiger partial charge in [0.05, 0.1) is 12.5 Å². The predicted octanol–water partition coefficient (Wildman–Crippen LogP) is 3.09. The van der Waals surface area contributed by atoms with Crippen LogP contribution in [-0.4, -0.2) is 18.5 Å². The van der Waals surface area contributed by atoms with Crippen molar-refractivity contribution in [2.45, 2.75) is 18.9 Å². The second-order valence-electron chi connectivity index (χ2n) is 5.31. The molecule has 1 aromatic carbocycles. The van der Waals surface area contributed by atoms with Crippen LogP contribution in [0.15, 0.2) is 35.7 Å². The van der Waals surface area contributed by atoms with Gasteiger partial charge in [-0.1, -0.05) is 23.7 Å². The Morgan fingerprint density at radius 3 is 2.87 bits per heavy atom. The van der Waals surface area contributed by atoms with Crippen LogP contribution in [0.1, 0.15) is 22.9 Å². The van der Waals surface area contributed by atoms with Gasteiger partial charge < -0.3 is 16.0 Å². The van der Waals surface area contributed by atoms with Crippen LogP contribution < -0.4 is 16.0 Å². The molecule has 7 heteroatoms. The summed E-state index contributed by atoms with van der Waals surface area (Å²) in [6.07, 6.45) is 0.906. The zero-order valence-corrected chi connectivity index (χ0v) is 13.9. The molecule has 0 radical (unpaired) electrons. The Morgan fingerprint density at radius 2 is 2.17 bits per heavy atom. The van der Waals surface area contributed by atoms with Gasteiger partial charge in [0.25, 0.3) is 0 Å². The average Bonchev–Trinajstić information content (AvgIpc) is 3.16. The molecule has 23 heavy (non-hydrogen) atoms. The van der Waals surface area contributed by atoms with Crippen LogP contribution in [0, 0.1) is 0 Å². The van der Waals surface area contributed by atoms with Gasteiger partial charge in [-0.15, -0.1) is 11.3 Å². The fourth-order valence-corrected chi connectivity index (χ4v) is 3.86. The molecule has 3 amide bonds. The Balaban J connectivity index is 1.79. The molecular formula is C16H16ClN3O2S. The van der Waals surface area contributed by atoms with Gasteiger partial charge in [-0.25, -0.2) is 4.79 Å². The summed E-state index contributed by atoms with van der Waals surface area (Å²) < 4.78 is 0. The maximum Gasteiger partial charge on any atom is 0.312 e. The third-order valence-corrected chi connectivity index (χ3v) is 5.19. The third kappa shape index (κ3) is 3.33. The maximum atomic E-state index is 12.7. The van der Waals surface area contributed by atoms with Crippen molar-refractivity contribution in [3.8, 4) is 0 Å². The molecule has 3 rings (SSSR count). The van der Waals surface area contributed by atoms with Crippen molar-refractivity contribution in [2.75, 3.05) is 11.4 Å².